The van der Waals surface area contributed by atoms with Gasteiger partial charge in [0.05, 0.1) is 12.6 Å². The molecule has 2 heterocycles. The molecule has 0 aromatic carbocycles. The van der Waals surface area contributed by atoms with E-state index in [-0.39, 0.29) is 6.04 Å². The van der Waals surface area contributed by atoms with Crippen LogP contribution in [0.2, 0.25) is 0 Å². The number of imidazole rings is 1. The number of rotatable bonds is 3. The van der Waals surface area contributed by atoms with Crippen LogP contribution < -0.4 is 5.73 Å². The second-order valence-electron chi connectivity index (χ2n) is 4.07. The number of aromatic nitrogens is 2. The maximum absolute atomic E-state index is 6.23. The van der Waals surface area contributed by atoms with E-state index < -0.39 is 0 Å². The number of hydrogen-bond acceptors (Lipinski definition) is 3. The molecule has 0 bridgehead atoms. The molecule has 1 fully saturated rings. The number of hydrogen-bond donors (Lipinski definition) is 1. The normalized spacial score (nSPS) is 24.0. The summed E-state index contributed by atoms with van der Waals surface area (Å²) in [7, 11) is 0. The van der Waals surface area contributed by atoms with Crippen LogP contribution in [0.15, 0.2) is 12.4 Å². The highest BCUT2D eigenvalue weighted by Crippen LogP contribution is 2.25. The van der Waals surface area contributed by atoms with Gasteiger partial charge in [0.25, 0.3) is 0 Å². The van der Waals surface area contributed by atoms with E-state index in [4.69, 9.17) is 10.5 Å². The first-order chi connectivity index (χ1) is 7.33. The predicted molar refractivity (Wildman–Crippen MR) is 58.4 cm³/mol. The monoisotopic (exact) mass is 209 g/mol. The van der Waals surface area contributed by atoms with Gasteiger partial charge in [0.2, 0.25) is 0 Å². The third-order valence-electron chi connectivity index (χ3n) is 3.09. The van der Waals surface area contributed by atoms with Crippen molar-refractivity contribution in [2.75, 3.05) is 13.2 Å². The van der Waals surface area contributed by atoms with Crippen LogP contribution in [0.4, 0.5) is 0 Å². The van der Waals surface area contributed by atoms with Crippen LogP contribution in [-0.4, -0.2) is 22.8 Å². The highest BCUT2D eigenvalue weighted by Gasteiger charge is 2.25. The summed E-state index contributed by atoms with van der Waals surface area (Å²) in [5.41, 5.74) is 6.23. The summed E-state index contributed by atoms with van der Waals surface area (Å²) < 4.78 is 7.57. The second-order valence-corrected chi connectivity index (χ2v) is 4.07. The van der Waals surface area contributed by atoms with Crippen LogP contribution in [0.1, 0.15) is 31.6 Å². The van der Waals surface area contributed by atoms with E-state index in [1.165, 1.54) is 0 Å². The molecular formula is C11H19N3O. The highest BCUT2D eigenvalue weighted by atomic mass is 16.5. The van der Waals surface area contributed by atoms with E-state index in [0.29, 0.717) is 5.92 Å². The fourth-order valence-electron chi connectivity index (χ4n) is 2.15. The number of ether oxygens (including phenoxy) is 1. The zero-order valence-corrected chi connectivity index (χ0v) is 9.22. The van der Waals surface area contributed by atoms with Crippen molar-refractivity contribution < 1.29 is 4.74 Å². The van der Waals surface area contributed by atoms with Crippen molar-refractivity contribution in [1.82, 2.24) is 9.55 Å². The van der Waals surface area contributed by atoms with E-state index >= 15 is 0 Å². The molecule has 0 radical (unpaired) electrons. The van der Waals surface area contributed by atoms with Gasteiger partial charge in [-0.1, -0.05) is 0 Å². The molecule has 1 saturated heterocycles. The van der Waals surface area contributed by atoms with E-state index in [1.54, 1.807) is 0 Å². The van der Waals surface area contributed by atoms with Gasteiger partial charge in [-0.15, -0.1) is 0 Å². The second kappa shape index (κ2) is 4.77. The van der Waals surface area contributed by atoms with Crippen LogP contribution in [-0.2, 0) is 11.3 Å². The molecule has 84 valence electrons. The fourth-order valence-corrected chi connectivity index (χ4v) is 2.15. The molecule has 2 rings (SSSR count). The molecule has 2 unspecified atom stereocenters. The molecule has 0 amide bonds. The third kappa shape index (κ3) is 2.21. The third-order valence-corrected chi connectivity index (χ3v) is 3.09. The van der Waals surface area contributed by atoms with Gasteiger partial charge >= 0.3 is 0 Å². The van der Waals surface area contributed by atoms with Crippen LogP contribution >= 0.6 is 0 Å². The Hall–Kier alpha value is -0.870. The Morgan fingerprint density at radius 2 is 2.60 bits per heavy atom. The van der Waals surface area contributed by atoms with Crippen molar-refractivity contribution in [3.8, 4) is 0 Å². The van der Waals surface area contributed by atoms with Gasteiger partial charge in [0.15, 0.2) is 0 Å². The van der Waals surface area contributed by atoms with Crippen molar-refractivity contribution in [3.05, 3.63) is 18.2 Å². The van der Waals surface area contributed by atoms with Gasteiger partial charge in [-0.05, 0) is 19.8 Å². The summed E-state index contributed by atoms with van der Waals surface area (Å²) in [6, 6.07) is 0.0141. The summed E-state index contributed by atoms with van der Waals surface area (Å²) in [4.78, 5) is 4.34. The molecule has 4 nitrogen and oxygen atoms in total. The molecule has 15 heavy (non-hydrogen) atoms. The first-order valence-electron chi connectivity index (χ1n) is 5.67. The highest BCUT2D eigenvalue weighted by molar-refractivity contribution is 5.00. The molecule has 2 atom stereocenters. The van der Waals surface area contributed by atoms with Crippen molar-refractivity contribution in [2.45, 2.75) is 32.4 Å². The predicted octanol–water partition coefficient (Wildman–Crippen LogP) is 1.33. The molecular weight excluding hydrogens is 190 g/mol. The first kappa shape index (κ1) is 10.6. The Kier molecular flexibility index (Phi) is 3.38. The first-order valence-corrected chi connectivity index (χ1v) is 5.67. The Morgan fingerprint density at radius 1 is 1.73 bits per heavy atom. The number of aryl methyl sites for hydroxylation is 1. The van der Waals surface area contributed by atoms with Gasteiger partial charge in [0, 0.05) is 31.5 Å². The summed E-state index contributed by atoms with van der Waals surface area (Å²) in [6.45, 7) is 4.69. The molecule has 4 heteroatoms. The summed E-state index contributed by atoms with van der Waals surface area (Å²) in [5, 5.41) is 0. The lowest BCUT2D eigenvalue weighted by atomic mass is 9.94. The SMILES string of the molecule is CCn1ccnc1C(N)C1CCCOC1. The lowest BCUT2D eigenvalue weighted by Gasteiger charge is -2.27. The Bertz CT molecular complexity index is 305. The Morgan fingerprint density at radius 3 is 3.27 bits per heavy atom. The van der Waals surface area contributed by atoms with E-state index in [2.05, 4.69) is 16.5 Å². The van der Waals surface area contributed by atoms with Crippen LogP contribution in [0.3, 0.4) is 0 Å². The van der Waals surface area contributed by atoms with Crippen LogP contribution in [0.25, 0.3) is 0 Å². The maximum atomic E-state index is 6.23. The van der Waals surface area contributed by atoms with Crippen LogP contribution in [0.5, 0.6) is 0 Å². The van der Waals surface area contributed by atoms with Crippen LogP contribution in [0, 0.1) is 5.92 Å². The molecule has 2 N–H and O–H groups in total. The maximum Gasteiger partial charge on any atom is 0.125 e. The van der Waals surface area contributed by atoms with Gasteiger partial charge in [-0.2, -0.15) is 0 Å². The van der Waals surface area contributed by atoms with Gasteiger partial charge in [0.1, 0.15) is 5.82 Å². The number of nitrogens with zero attached hydrogens (tertiary/aromatic N) is 2. The quantitative estimate of drug-likeness (QED) is 0.817. The number of nitrogens with two attached hydrogens (primary N) is 1. The fraction of sp³-hybridized carbons (Fsp3) is 0.727. The standard InChI is InChI=1S/C11H19N3O/c1-2-14-6-5-13-11(14)10(12)9-4-3-7-15-8-9/h5-6,9-10H,2-4,7-8,12H2,1H3. The van der Waals surface area contributed by atoms with E-state index in [9.17, 15) is 0 Å². The molecule has 1 aromatic rings. The van der Waals surface area contributed by atoms with Gasteiger partial charge in [-0.3, -0.25) is 0 Å². The summed E-state index contributed by atoms with van der Waals surface area (Å²) in [6.07, 6.45) is 6.07. The Balaban J connectivity index is 2.08. The van der Waals surface area contributed by atoms with Crippen molar-refractivity contribution in [1.29, 1.82) is 0 Å². The molecule has 0 aliphatic carbocycles. The molecule has 0 spiro atoms. The van der Waals surface area contributed by atoms with E-state index in [1.807, 2.05) is 12.4 Å². The minimum atomic E-state index is 0.0141. The smallest absolute Gasteiger partial charge is 0.125 e. The lowest BCUT2D eigenvalue weighted by molar-refractivity contribution is 0.0432. The molecule has 1 aliphatic rings. The molecule has 1 aliphatic heterocycles. The van der Waals surface area contributed by atoms with E-state index in [0.717, 1.165) is 38.4 Å². The molecule has 1 aromatic heterocycles. The minimum Gasteiger partial charge on any atom is -0.381 e. The average molecular weight is 209 g/mol. The van der Waals surface area contributed by atoms with Crippen molar-refractivity contribution in [3.63, 3.8) is 0 Å². The summed E-state index contributed by atoms with van der Waals surface area (Å²) in [5.74, 6) is 1.42. The molecule has 0 saturated carbocycles. The topological polar surface area (TPSA) is 53.1 Å². The zero-order valence-electron chi connectivity index (χ0n) is 9.22. The lowest BCUT2D eigenvalue weighted by Crippen LogP contribution is -2.31. The van der Waals surface area contributed by atoms with Crippen molar-refractivity contribution >= 4 is 0 Å². The largest absolute Gasteiger partial charge is 0.381 e. The Labute approximate surface area is 90.4 Å². The average Bonchev–Trinajstić information content (AvgIpc) is 2.77. The zero-order chi connectivity index (χ0) is 10.7. The minimum absolute atomic E-state index is 0.0141. The van der Waals surface area contributed by atoms with Gasteiger partial charge < -0.3 is 15.0 Å². The van der Waals surface area contributed by atoms with Crippen molar-refractivity contribution in [2.24, 2.45) is 11.7 Å². The summed E-state index contributed by atoms with van der Waals surface area (Å²) >= 11 is 0. The van der Waals surface area contributed by atoms with Gasteiger partial charge in [-0.25, -0.2) is 4.98 Å².